The van der Waals surface area contributed by atoms with Crippen LogP contribution < -0.4 is 0 Å². The summed E-state index contributed by atoms with van der Waals surface area (Å²) in [6.45, 7) is 4.46. The molecule has 1 fully saturated rings. The topological polar surface area (TPSA) is 199 Å². The van der Waals surface area contributed by atoms with Crippen molar-refractivity contribution >= 4 is 29.8 Å². The Balaban J connectivity index is 0.00000562. The molecule has 14 heteroatoms. The van der Waals surface area contributed by atoms with Gasteiger partial charge in [-0.15, -0.1) is 0 Å². The third-order valence-corrected chi connectivity index (χ3v) is 5.31. The Hall–Kier alpha value is -2.81. The molecule has 0 amide bonds. The molecule has 1 unspecified atom stereocenters. The summed E-state index contributed by atoms with van der Waals surface area (Å²) < 4.78 is 0. The fraction of sp³-hybridized carbons (Fsp3) is 0.762. The number of rotatable bonds is 11. The fourth-order valence-corrected chi connectivity index (χ4v) is 3.63. The molecule has 0 aromatic heterocycles. The van der Waals surface area contributed by atoms with Crippen LogP contribution in [-0.2, 0) is 24.0 Å². The molecule has 0 bridgehead atoms. The first-order valence-electron chi connectivity index (χ1n) is 11.5. The lowest BCUT2D eigenvalue weighted by molar-refractivity contribution is -0.146. The van der Waals surface area contributed by atoms with Crippen molar-refractivity contribution in [1.29, 1.82) is 0 Å². The first kappa shape index (κ1) is 32.2. The van der Waals surface area contributed by atoms with Gasteiger partial charge in [0, 0.05) is 58.8 Å². The van der Waals surface area contributed by atoms with Crippen LogP contribution in [0.3, 0.4) is 0 Å². The fourth-order valence-electron chi connectivity index (χ4n) is 3.63. The van der Waals surface area contributed by atoms with E-state index in [9.17, 15) is 39.3 Å². The van der Waals surface area contributed by atoms with Crippen LogP contribution in [0.15, 0.2) is 0 Å². The van der Waals surface area contributed by atoms with Crippen molar-refractivity contribution in [3.05, 3.63) is 0 Å². The van der Waals surface area contributed by atoms with Crippen molar-refractivity contribution < 1.29 is 49.5 Å². The van der Waals surface area contributed by atoms with E-state index in [-0.39, 0.29) is 84.8 Å². The van der Waals surface area contributed by atoms with Gasteiger partial charge >= 0.3 is 29.8 Å². The van der Waals surface area contributed by atoms with Crippen LogP contribution in [0.25, 0.3) is 0 Å². The summed E-state index contributed by atoms with van der Waals surface area (Å²) in [5.41, 5.74) is 0. The van der Waals surface area contributed by atoms with E-state index >= 15 is 0 Å². The van der Waals surface area contributed by atoms with Crippen molar-refractivity contribution in [2.75, 3.05) is 72.0 Å². The quantitative estimate of drug-likeness (QED) is 0.224. The molecular formula is C21H38N4O10. The molecular weight excluding hydrogens is 468 g/mol. The average Bonchev–Trinajstić information content (AvgIpc) is 2.75. The van der Waals surface area contributed by atoms with E-state index in [0.29, 0.717) is 0 Å². The summed E-state index contributed by atoms with van der Waals surface area (Å²) in [5, 5.41) is 46.2. The summed E-state index contributed by atoms with van der Waals surface area (Å²) >= 11 is 0. The van der Waals surface area contributed by atoms with Gasteiger partial charge in [0.1, 0.15) is 6.04 Å². The minimum atomic E-state index is -1.22. The van der Waals surface area contributed by atoms with Crippen LogP contribution in [0.1, 0.15) is 26.7 Å². The van der Waals surface area contributed by atoms with E-state index in [1.807, 2.05) is 13.8 Å². The molecule has 202 valence electrons. The zero-order valence-electron chi connectivity index (χ0n) is 20.3. The van der Waals surface area contributed by atoms with Gasteiger partial charge in [-0.25, -0.2) is 0 Å². The highest BCUT2D eigenvalue weighted by Crippen LogP contribution is 2.10. The molecule has 0 spiro atoms. The van der Waals surface area contributed by atoms with Crippen molar-refractivity contribution in [3.63, 3.8) is 0 Å². The van der Waals surface area contributed by atoms with Crippen LogP contribution in [0.2, 0.25) is 0 Å². The number of hydrogen-bond acceptors (Lipinski definition) is 9. The molecule has 1 heterocycles. The zero-order valence-corrected chi connectivity index (χ0v) is 20.3. The Morgan fingerprint density at radius 2 is 0.886 bits per heavy atom. The smallest absolute Gasteiger partial charge is 0.320 e. The van der Waals surface area contributed by atoms with Crippen molar-refractivity contribution in [2.24, 2.45) is 0 Å². The summed E-state index contributed by atoms with van der Waals surface area (Å²) in [7, 11) is 0. The predicted octanol–water partition coefficient (Wildman–Crippen LogP) is -1.19. The van der Waals surface area contributed by atoms with Crippen molar-refractivity contribution in [1.82, 2.24) is 19.6 Å². The zero-order chi connectivity index (χ0) is 27.0. The monoisotopic (exact) mass is 506 g/mol. The minimum absolute atomic E-state index is 0.115. The lowest BCUT2D eigenvalue weighted by Crippen LogP contribution is -2.51. The van der Waals surface area contributed by atoms with Gasteiger partial charge in [-0.2, -0.15) is 0 Å². The lowest BCUT2D eigenvalue weighted by Gasteiger charge is -2.35. The van der Waals surface area contributed by atoms with Gasteiger partial charge in [-0.1, -0.05) is 13.8 Å². The molecule has 0 aliphatic carbocycles. The van der Waals surface area contributed by atoms with E-state index in [1.165, 1.54) is 4.90 Å². The van der Waals surface area contributed by atoms with Crippen LogP contribution >= 0.6 is 0 Å². The Labute approximate surface area is 204 Å². The van der Waals surface area contributed by atoms with E-state index < -0.39 is 35.9 Å². The second-order valence-corrected chi connectivity index (χ2v) is 7.83. The second kappa shape index (κ2) is 17.6. The molecule has 0 saturated carbocycles. The molecule has 0 radical (unpaired) electrons. The summed E-state index contributed by atoms with van der Waals surface area (Å²) in [6, 6.07) is -1.13. The highest BCUT2D eigenvalue weighted by molar-refractivity contribution is 5.75. The summed E-state index contributed by atoms with van der Waals surface area (Å²) in [6.07, 6.45) is -0.524. The number of carboxylic acid groups (broad SMARTS) is 5. The molecule has 14 nitrogen and oxygen atoms in total. The van der Waals surface area contributed by atoms with Crippen LogP contribution in [0.5, 0.6) is 0 Å². The number of hydrogen-bond donors (Lipinski definition) is 5. The standard InChI is InChI=1S/C19H32N4O10.C2H6/c24-15(25)2-1-14(19(32)33)23-9-7-21(12-17(28)29)5-3-20(11-16(26)27)4-6-22(8-10-23)13-18(30)31;1-2/h14H,1-13H2,(H,24,25)(H,26,27)(H,28,29)(H,30,31)(H,32,33);1-2H3. The Bertz CT molecular complexity index is 674. The Kier molecular flexibility index (Phi) is 16.2. The van der Waals surface area contributed by atoms with Crippen LogP contribution in [0.4, 0.5) is 0 Å². The van der Waals surface area contributed by atoms with Gasteiger partial charge in [-0.3, -0.25) is 43.6 Å². The molecule has 35 heavy (non-hydrogen) atoms. The normalized spacial score (nSPS) is 18.2. The number of carboxylic acids is 5. The molecule has 1 rings (SSSR count). The third-order valence-electron chi connectivity index (χ3n) is 5.31. The molecule has 0 aromatic carbocycles. The van der Waals surface area contributed by atoms with Gasteiger partial charge in [0.05, 0.1) is 19.6 Å². The molecule has 5 N–H and O–H groups in total. The highest BCUT2D eigenvalue weighted by atomic mass is 16.4. The largest absolute Gasteiger partial charge is 0.481 e. The van der Waals surface area contributed by atoms with Crippen molar-refractivity contribution in [2.45, 2.75) is 32.7 Å². The van der Waals surface area contributed by atoms with E-state index in [4.69, 9.17) is 10.2 Å². The summed E-state index contributed by atoms with van der Waals surface area (Å²) in [5.74, 6) is -5.61. The average molecular weight is 507 g/mol. The first-order valence-corrected chi connectivity index (χ1v) is 11.5. The predicted molar refractivity (Wildman–Crippen MR) is 123 cm³/mol. The Morgan fingerprint density at radius 1 is 0.571 bits per heavy atom. The van der Waals surface area contributed by atoms with Crippen molar-refractivity contribution in [3.8, 4) is 0 Å². The van der Waals surface area contributed by atoms with Gasteiger partial charge in [0.25, 0.3) is 0 Å². The maximum absolute atomic E-state index is 11.8. The summed E-state index contributed by atoms with van der Waals surface area (Å²) in [4.78, 5) is 62.8. The van der Waals surface area contributed by atoms with Crippen LogP contribution in [-0.4, -0.2) is 153 Å². The molecule has 1 atom stereocenters. The lowest BCUT2D eigenvalue weighted by atomic mass is 10.1. The van der Waals surface area contributed by atoms with E-state index in [2.05, 4.69) is 0 Å². The van der Waals surface area contributed by atoms with Gasteiger partial charge in [0.15, 0.2) is 0 Å². The minimum Gasteiger partial charge on any atom is -0.481 e. The third kappa shape index (κ3) is 14.9. The Morgan fingerprint density at radius 3 is 1.14 bits per heavy atom. The molecule has 1 aliphatic heterocycles. The highest BCUT2D eigenvalue weighted by Gasteiger charge is 2.28. The molecule has 0 aromatic rings. The maximum Gasteiger partial charge on any atom is 0.320 e. The molecule has 1 saturated heterocycles. The number of carbonyl (C=O) groups is 5. The van der Waals surface area contributed by atoms with Gasteiger partial charge in [-0.05, 0) is 6.42 Å². The van der Waals surface area contributed by atoms with Gasteiger partial charge < -0.3 is 25.5 Å². The molecule has 1 aliphatic rings. The SMILES string of the molecule is CC.O=C(O)CCC(C(=O)O)N1CCN(CC(=O)O)CCN(CC(=O)O)CCN(CC(=O)O)CC1. The second-order valence-electron chi connectivity index (χ2n) is 7.83. The maximum atomic E-state index is 11.8. The first-order chi connectivity index (χ1) is 16.5. The number of nitrogens with zero attached hydrogens (tertiary/aromatic N) is 4. The van der Waals surface area contributed by atoms with Gasteiger partial charge in [0.2, 0.25) is 0 Å². The van der Waals surface area contributed by atoms with Crippen LogP contribution in [0, 0.1) is 0 Å². The van der Waals surface area contributed by atoms with E-state index in [0.717, 1.165) is 0 Å². The van der Waals surface area contributed by atoms with E-state index in [1.54, 1.807) is 14.7 Å². The number of aliphatic carboxylic acids is 5.